The fraction of sp³-hybridized carbons (Fsp3) is 0.350. The highest BCUT2D eigenvalue weighted by Gasteiger charge is 2.21. The molecule has 2 aromatic heterocycles. The first-order chi connectivity index (χ1) is 12.8. The lowest BCUT2D eigenvalue weighted by atomic mass is 9.97. The Kier molecular flexibility index (Phi) is 4.84. The maximum Gasteiger partial charge on any atom is 0.262 e. The lowest BCUT2D eigenvalue weighted by Gasteiger charge is -2.12. The first-order valence-electron chi connectivity index (χ1n) is 9.02. The van der Waals surface area contributed by atoms with Gasteiger partial charge in [0.2, 0.25) is 5.88 Å². The zero-order valence-electron chi connectivity index (χ0n) is 14.7. The van der Waals surface area contributed by atoms with Gasteiger partial charge in [0.15, 0.2) is 6.61 Å². The van der Waals surface area contributed by atoms with E-state index in [1.807, 2.05) is 24.3 Å². The van der Waals surface area contributed by atoms with Crippen molar-refractivity contribution in [3.8, 4) is 5.88 Å². The molecule has 26 heavy (non-hydrogen) atoms. The molecule has 134 valence electrons. The molecule has 0 aliphatic heterocycles. The van der Waals surface area contributed by atoms with E-state index in [-0.39, 0.29) is 12.5 Å². The van der Waals surface area contributed by atoms with Gasteiger partial charge < -0.3 is 10.1 Å². The summed E-state index contributed by atoms with van der Waals surface area (Å²) in [7, 11) is 0. The molecule has 0 atom stereocenters. The monoisotopic (exact) mass is 367 g/mol. The lowest BCUT2D eigenvalue weighted by molar-refractivity contribution is -0.118. The van der Waals surface area contributed by atoms with Crippen LogP contribution in [0.25, 0.3) is 10.2 Å². The Morgan fingerprint density at radius 3 is 2.96 bits per heavy atom. The molecule has 0 radical (unpaired) electrons. The van der Waals surface area contributed by atoms with Gasteiger partial charge in [-0.1, -0.05) is 25.1 Å². The smallest absolute Gasteiger partial charge is 0.262 e. The third-order valence-electron chi connectivity index (χ3n) is 4.73. The Bertz CT molecular complexity index is 951. The number of thiophene rings is 1. The second-order valence-electron chi connectivity index (χ2n) is 6.42. The summed E-state index contributed by atoms with van der Waals surface area (Å²) in [5, 5.41) is 3.93. The van der Waals surface area contributed by atoms with E-state index in [1.54, 1.807) is 11.3 Å². The van der Waals surface area contributed by atoms with E-state index in [9.17, 15) is 4.79 Å². The minimum absolute atomic E-state index is 0.0607. The summed E-state index contributed by atoms with van der Waals surface area (Å²) in [6.45, 7) is 2.01. The van der Waals surface area contributed by atoms with Crippen molar-refractivity contribution >= 4 is 33.1 Å². The number of para-hydroxylation sites is 1. The molecule has 0 unspecified atom stereocenters. The van der Waals surface area contributed by atoms with Crippen LogP contribution in [0.2, 0.25) is 0 Å². The van der Waals surface area contributed by atoms with E-state index in [0.717, 1.165) is 40.7 Å². The number of rotatable bonds is 5. The Morgan fingerprint density at radius 1 is 1.23 bits per heavy atom. The van der Waals surface area contributed by atoms with Gasteiger partial charge in [-0.15, -0.1) is 11.3 Å². The SMILES string of the molecule is CCc1ccccc1NC(=O)COc1ncnc2sc3c(c12)CCCC3. The zero-order valence-corrected chi connectivity index (χ0v) is 15.6. The van der Waals surface area contributed by atoms with E-state index < -0.39 is 0 Å². The number of aromatic nitrogens is 2. The number of aryl methyl sites for hydroxylation is 3. The van der Waals surface area contributed by atoms with Crippen LogP contribution in [0.1, 0.15) is 35.8 Å². The largest absolute Gasteiger partial charge is 0.467 e. The summed E-state index contributed by atoms with van der Waals surface area (Å²) < 4.78 is 5.79. The molecule has 1 aliphatic rings. The first kappa shape index (κ1) is 17.0. The Morgan fingerprint density at radius 2 is 2.08 bits per heavy atom. The van der Waals surface area contributed by atoms with Crippen LogP contribution in [-0.2, 0) is 24.1 Å². The van der Waals surface area contributed by atoms with Gasteiger partial charge in [-0.05, 0) is 49.3 Å². The number of benzene rings is 1. The van der Waals surface area contributed by atoms with E-state index in [4.69, 9.17) is 4.74 Å². The summed E-state index contributed by atoms with van der Waals surface area (Å²) in [6.07, 6.45) is 6.93. The molecule has 1 aliphatic carbocycles. The Labute approximate surface area is 156 Å². The van der Waals surface area contributed by atoms with Crippen LogP contribution >= 0.6 is 11.3 Å². The highest BCUT2D eigenvalue weighted by molar-refractivity contribution is 7.18. The number of carbonyl (C=O) groups is 1. The third kappa shape index (κ3) is 3.29. The number of hydrogen-bond acceptors (Lipinski definition) is 5. The minimum atomic E-state index is -0.179. The van der Waals surface area contributed by atoms with Gasteiger partial charge in [0.25, 0.3) is 5.91 Å². The predicted molar refractivity (Wildman–Crippen MR) is 104 cm³/mol. The number of anilines is 1. The molecule has 1 N–H and O–H groups in total. The maximum atomic E-state index is 12.3. The number of hydrogen-bond donors (Lipinski definition) is 1. The molecule has 0 saturated heterocycles. The first-order valence-corrected chi connectivity index (χ1v) is 9.83. The molecular weight excluding hydrogens is 346 g/mol. The molecule has 0 saturated carbocycles. The molecule has 4 rings (SSSR count). The summed E-state index contributed by atoms with van der Waals surface area (Å²) in [6, 6.07) is 7.82. The standard InChI is InChI=1S/C20H21N3O2S/c1-2-13-7-3-5-9-15(13)23-17(24)11-25-19-18-14-8-4-6-10-16(14)26-20(18)22-12-21-19/h3,5,7,9,12H,2,4,6,8,10-11H2,1H3,(H,23,24). The molecule has 3 aromatic rings. The summed E-state index contributed by atoms with van der Waals surface area (Å²) in [4.78, 5) is 23.4. The van der Waals surface area contributed by atoms with Gasteiger partial charge in [0.05, 0.1) is 5.39 Å². The third-order valence-corrected chi connectivity index (χ3v) is 5.93. The predicted octanol–water partition coefficient (Wildman–Crippen LogP) is 4.15. The normalized spacial score (nSPS) is 13.4. The molecule has 0 bridgehead atoms. The van der Waals surface area contributed by atoms with Crippen LogP contribution in [0.4, 0.5) is 5.69 Å². The molecule has 1 amide bonds. The van der Waals surface area contributed by atoms with Gasteiger partial charge >= 0.3 is 0 Å². The van der Waals surface area contributed by atoms with Crippen molar-refractivity contribution in [1.29, 1.82) is 0 Å². The van der Waals surface area contributed by atoms with Gasteiger partial charge in [0, 0.05) is 10.6 Å². The van der Waals surface area contributed by atoms with E-state index in [2.05, 4.69) is 22.2 Å². The number of amides is 1. The quantitative estimate of drug-likeness (QED) is 0.736. The fourth-order valence-electron chi connectivity index (χ4n) is 3.44. The fourth-order valence-corrected chi connectivity index (χ4v) is 4.66. The van der Waals surface area contributed by atoms with E-state index >= 15 is 0 Å². The number of nitrogens with zero attached hydrogens (tertiary/aromatic N) is 2. The molecule has 6 heteroatoms. The van der Waals surface area contributed by atoms with Crippen LogP contribution in [0.15, 0.2) is 30.6 Å². The summed E-state index contributed by atoms with van der Waals surface area (Å²) in [5.41, 5.74) is 3.25. The Hall–Kier alpha value is -2.47. The van der Waals surface area contributed by atoms with Crippen molar-refractivity contribution in [2.45, 2.75) is 39.0 Å². The number of fused-ring (bicyclic) bond motifs is 3. The van der Waals surface area contributed by atoms with Crippen LogP contribution in [0, 0.1) is 0 Å². The van der Waals surface area contributed by atoms with Gasteiger partial charge in [-0.25, -0.2) is 9.97 Å². The average Bonchev–Trinajstić information content (AvgIpc) is 3.06. The Balaban J connectivity index is 1.51. The van der Waals surface area contributed by atoms with Crippen LogP contribution < -0.4 is 10.1 Å². The van der Waals surface area contributed by atoms with Gasteiger partial charge in [-0.2, -0.15) is 0 Å². The van der Waals surface area contributed by atoms with Crippen LogP contribution in [0.5, 0.6) is 5.88 Å². The second kappa shape index (κ2) is 7.41. The van der Waals surface area contributed by atoms with Gasteiger partial charge in [-0.3, -0.25) is 4.79 Å². The van der Waals surface area contributed by atoms with Crippen LogP contribution in [0.3, 0.4) is 0 Å². The van der Waals surface area contributed by atoms with Crippen molar-refractivity contribution in [3.05, 3.63) is 46.6 Å². The molecule has 0 fully saturated rings. The molecule has 2 heterocycles. The zero-order chi connectivity index (χ0) is 17.9. The molecular formula is C20H21N3O2S. The molecule has 0 spiro atoms. The summed E-state index contributed by atoms with van der Waals surface area (Å²) >= 11 is 1.72. The van der Waals surface area contributed by atoms with E-state index in [1.165, 1.54) is 29.6 Å². The van der Waals surface area contributed by atoms with Crippen molar-refractivity contribution in [2.75, 3.05) is 11.9 Å². The van der Waals surface area contributed by atoms with Gasteiger partial charge in [0.1, 0.15) is 11.2 Å². The number of carbonyl (C=O) groups excluding carboxylic acids is 1. The van der Waals surface area contributed by atoms with Crippen LogP contribution in [-0.4, -0.2) is 22.5 Å². The van der Waals surface area contributed by atoms with E-state index in [0.29, 0.717) is 5.88 Å². The highest BCUT2D eigenvalue weighted by Crippen LogP contribution is 2.38. The second-order valence-corrected chi connectivity index (χ2v) is 7.50. The highest BCUT2D eigenvalue weighted by atomic mass is 32.1. The number of nitrogens with one attached hydrogen (secondary N) is 1. The number of ether oxygens (including phenoxy) is 1. The van der Waals surface area contributed by atoms with Crippen molar-refractivity contribution < 1.29 is 9.53 Å². The molecule has 1 aromatic carbocycles. The van der Waals surface area contributed by atoms with Crippen molar-refractivity contribution in [2.24, 2.45) is 0 Å². The summed E-state index contributed by atoms with van der Waals surface area (Å²) in [5.74, 6) is 0.343. The van der Waals surface area contributed by atoms with Crippen molar-refractivity contribution in [3.63, 3.8) is 0 Å². The molecule has 5 nitrogen and oxygen atoms in total. The average molecular weight is 367 g/mol. The minimum Gasteiger partial charge on any atom is -0.467 e. The maximum absolute atomic E-state index is 12.3. The lowest BCUT2D eigenvalue weighted by Crippen LogP contribution is -2.21. The topological polar surface area (TPSA) is 64.1 Å². The van der Waals surface area contributed by atoms with Crippen molar-refractivity contribution in [1.82, 2.24) is 9.97 Å².